The summed E-state index contributed by atoms with van der Waals surface area (Å²) in [5.74, 6) is 5.04. The lowest BCUT2D eigenvalue weighted by Crippen LogP contribution is -2.43. The third-order valence-electron chi connectivity index (χ3n) is 6.11. The van der Waals surface area contributed by atoms with Gasteiger partial charge in [-0.3, -0.25) is 19.3 Å². The van der Waals surface area contributed by atoms with E-state index in [0.29, 0.717) is 31.6 Å². The first-order valence-corrected chi connectivity index (χ1v) is 12.1. The van der Waals surface area contributed by atoms with Gasteiger partial charge in [0.1, 0.15) is 5.76 Å². The molecule has 1 aliphatic rings. The van der Waals surface area contributed by atoms with E-state index in [1.807, 2.05) is 13.8 Å². The van der Waals surface area contributed by atoms with E-state index in [0.717, 1.165) is 51.4 Å². The van der Waals surface area contributed by atoms with Crippen molar-refractivity contribution < 1.29 is 19.1 Å². The second-order valence-corrected chi connectivity index (χ2v) is 8.80. The maximum absolute atomic E-state index is 13.0. The Kier molecular flexibility index (Phi) is 13.7. The van der Waals surface area contributed by atoms with Crippen molar-refractivity contribution in [2.24, 2.45) is 11.8 Å². The Morgan fingerprint density at radius 2 is 1.64 bits per heavy atom. The highest BCUT2D eigenvalue weighted by Crippen LogP contribution is 2.27. The molecule has 3 amide bonds. The maximum atomic E-state index is 13.0. The molecule has 0 saturated carbocycles. The largest absolute Gasteiger partial charge is 0.499 e. The fourth-order valence-electron chi connectivity index (χ4n) is 3.99. The van der Waals surface area contributed by atoms with Crippen molar-refractivity contribution in [1.82, 2.24) is 10.2 Å². The van der Waals surface area contributed by atoms with Crippen LogP contribution in [0, 0.1) is 36.5 Å². The highest BCUT2D eigenvalue weighted by atomic mass is 16.5. The number of terminal acetylenes is 2. The third kappa shape index (κ3) is 9.74. The molecule has 0 radical (unpaired) electrons. The van der Waals surface area contributed by atoms with Gasteiger partial charge < -0.3 is 10.1 Å². The van der Waals surface area contributed by atoms with Crippen LogP contribution < -0.4 is 5.32 Å². The summed E-state index contributed by atoms with van der Waals surface area (Å²) >= 11 is 0. The van der Waals surface area contributed by atoms with Crippen LogP contribution in [0.3, 0.4) is 0 Å². The highest BCUT2D eigenvalue weighted by Gasteiger charge is 2.39. The molecular formula is C27H40N2O4. The van der Waals surface area contributed by atoms with Crippen LogP contribution in [0.4, 0.5) is 0 Å². The number of unbranched alkanes of at least 4 members (excludes halogenated alkanes) is 5. The smallest absolute Gasteiger partial charge is 0.257 e. The quantitative estimate of drug-likeness (QED) is 0.279. The first-order valence-electron chi connectivity index (χ1n) is 12.1. The summed E-state index contributed by atoms with van der Waals surface area (Å²) in [6.45, 7) is 4.36. The Bertz CT molecular complexity index is 759. The lowest BCUT2D eigenvalue weighted by Gasteiger charge is -2.27. The van der Waals surface area contributed by atoms with Gasteiger partial charge in [0.2, 0.25) is 11.8 Å². The highest BCUT2D eigenvalue weighted by molar-refractivity contribution is 6.04. The Balaban J connectivity index is 2.47. The van der Waals surface area contributed by atoms with Crippen molar-refractivity contribution in [2.45, 2.75) is 90.5 Å². The Labute approximate surface area is 199 Å². The van der Waals surface area contributed by atoms with Gasteiger partial charge in [-0.1, -0.05) is 26.7 Å². The number of carbonyl (C=O) groups is 3. The van der Waals surface area contributed by atoms with Crippen LogP contribution in [0.25, 0.3) is 0 Å². The number of nitrogens with zero attached hydrogens (tertiary/aromatic N) is 1. The van der Waals surface area contributed by atoms with Crippen molar-refractivity contribution in [2.75, 3.05) is 13.7 Å². The van der Waals surface area contributed by atoms with Crippen molar-refractivity contribution >= 4 is 17.7 Å². The molecule has 0 aromatic carbocycles. The van der Waals surface area contributed by atoms with Crippen LogP contribution >= 0.6 is 0 Å². The summed E-state index contributed by atoms with van der Waals surface area (Å²) < 4.78 is 5.39. The Morgan fingerprint density at radius 1 is 1.03 bits per heavy atom. The van der Waals surface area contributed by atoms with Crippen molar-refractivity contribution in [1.29, 1.82) is 0 Å². The first-order chi connectivity index (χ1) is 15.9. The van der Waals surface area contributed by atoms with Gasteiger partial charge in [0.15, 0.2) is 0 Å². The zero-order valence-electron chi connectivity index (χ0n) is 20.5. The van der Waals surface area contributed by atoms with Crippen LogP contribution in [0.1, 0.15) is 84.5 Å². The minimum absolute atomic E-state index is 0.0338. The van der Waals surface area contributed by atoms with Crippen molar-refractivity contribution in [3.8, 4) is 24.7 Å². The van der Waals surface area contributed by atoms with Gasteiger partial charge in [-0.05, 0) is 44.9 Å². The van der Waals surface area contributed by atoms with E-state index < -0.39 is 0 Å². The molecule has 0 bridgehead atoms. The molecule has 33 heavy (non-hydrogen) atoms. The monoisotopic (exact) mass is 456 g/mol. The fourth-order valence-corrected chi connectivity index (χ4v) is 3.99. The lowest BCUT2D eigenvalue weighted by molar-refractivity contribution is -0.146. The molecule has 1 heterocycles. The molecular weight excluding hydrogens is 416 g/mol. The number of carbonyl (C=O) groups excluding carboxylic acids is 3. The molecule has 0 saturated heterocycles. The summed E-state index contributed by atoms with van der Waals surface area (Å²) in [6, 6.07) is -0.381. The maximum Gasteiger partial charge on any atom is 0.257 e. The average molecular weight is 457 g/mol. The number of imide groups is 1. The van der Waals surface area contributed by atoms with Gasteiger partial charge >= 0.3 is 0 Å². The zero-order valence-corrected chi connectivity index (χ0v) is 20.5. The number of hydrogen-bond donors (Lipinski definition) is 1. The summed E-state index contributed by atoms with van der Waals surface area (Å²) in [4.78, 5) is 39.1. The number of hydrogen-bond acceptors (Lipinski definition) is 4. The van der Waals surface area contributed by atoms with Gasteiger partial charge in [0, 0.05) is 37.3 Å². The average Bonchev–Trinajstić information content (AvgIpc) is 3.13. The molecule has 0 unspecified atom stereocenters. The fraction of sp³-hybridized carbons (Fsp3) is 0.667. The molecule has 1 rings (SSSR count). The molecule has 3 atom stereocenters. The van der Waals surface area contributed by atoms with E-state index in [1.165, 1.54) is 18.1 Å². The predicted molar refractivity (Wildman–Crippen MR) is 131 cm³/mol. The second-order valence-electron chi connectivity index (χ2n) is 8.80. The second kappa shape index (κ2) is 16.0. The number of nitrogens with one attached hydrogen (secondary N) is 1. The SMILES string of the molecule is C#CCCCC[C@H](C)C(=O)NCCCC[C@H]1C(OC)=CC(=O)N1C(=O)[C@@H](C)CCCCC#C. The predicted octanol–water partition coefficient (Wildman–Crippen LogP) is 4.20. The van der Waals surface area contributed by atoms with E-state index in [-0.39, 0.29) is 35.6 Å². The van der Waals surface area contributed by atoms with Crippen LogP contribution in [0.2, 0.25) is 0 Å². The minimum Gasteiger partial charge on any atom is -0.499 e. The van der Waals surface area contributed by atoms with E-state index in [2.05, 4.69) is 17.2 Å². The number of ether oxygens (including phenoxy) is 1. The summed E-state index contributed by atoms with van der Waals surface area (Å²) in [5, 5.41) is 2.98. The van der Waals surface area contributed by atoms with E-state index in [9.17, 15) is 14.4 Å². The third-order valence-corrected chi connectivity index (χ3v) is 6.11. The molecule has 0 aromatic heterocycles. The Hall–Kier alpha value is -2.73. The zero-order chi connectivity index (χ0) is 24.6. The standard InChI is InChI=1S/C27H40N2O4/c1-6-8-10-12-16-21(3)26(31)28-19-15-14-18-23-24(33-5)20-25(30)29(23)27(32)22(4)17-13-11-9-7-2/h1-2,20-23H,8-19H2,3-5H3,(H,28,31)/t21-,22-,23-/m0/s1. The lowest BCUT2D eigenvalue weighted by atomic mass is 10.00. The van der Waals surface area contributed by atoms with E-state index in [1.54, 1.807) is 0 Å². The normalized spacial score (nSPS) is 17.0. The van der Waals surface area contributed by atoms with Crippen LogP contribution in [0.15, 0.2) is 11.8 Å². The van der Waals surface area contributed by atoms with Gasteiger partial charge in [-0.15, -0.1) is 24.7 Å². The molecule has 1 aliphatic heterocycles. The van der Waals surface area contributed by atoms with E-state index in [4.69, 9.17) is 17.6 Å². The van der Waals surface area contributed by atoms with Crippen LogP contribution in [-0.4, -0.2) is 42.3 Å². The molecule has 0 spiro atoms. The Morgan fingerprint density at radius 3 is 2.21 bits per heavy atom. The van der Waals surface area contributed by atoms with Crippen molar-refractivity contribution in [3.05, 3.63) is 11.8 Å². The summed E-state index contributed by atoms with van der Waals surface area (Å²) in [5.41, 5.74) is 0. The molecule has 0 aliphatic carbocycles. The summed E-state index contributed by atoms with van der Waals surface area (Å²) in [6.07, 6.45) is 20.7. The summed E-state index contributed by atoms with van der Waals surface area (Å²) in [7, 11) is 1.52. The van der Waals surface area contributed by atoms with Gasteiger partial charge in [-0.2, -0.15) is 0 Å². The molecule has 6 heteroatoms. The minimum atomic E-state index is -0.381. The molecule has 6 nitrogen and oxygen atoms in total. The van der Waals surface area contributed by atoms with Gasteiger partial charge in [0.25, 0.3) is 5.91 Å². The number of amides is 3. The van der Waals surface area contributed by atoms with Gasteiger partial charge in [0.05, 0.1) is 13.2 Å². The first kappa shape index (κ1) is 28.3. The molecule has 0 aromatic rings. The molecule has 1 N–H and O–H groups in total. The number of rotatable bonds is 16. The van der Waals surface area contributed by atoms with Crippen LogP contribution in [-0.2, 0) is 19.1 Å². The molecule has 0 fully saturated rings. The van der Waals surface area contributed by atoms with Crippen molar-refractivity contribution in [3.63, 3.8) is 0 Å². The van der Waals surface area contributed by atoms with Crippen LogP contribution in [0.5, 0.6) is 0 Å². The molecule has 182 valence electrons. The topological polar surface area (TPSA) is 75.7 Å². The number of methoxy groups -OCH3 is 1. The van der Waals surface area contributed by atoms with E-state index >= 15 is 0 Å². The van der Waals surface area contributed by atoms with Gasteiger partial charge in [-0.25, -0.2) is 0 Å².